The minimum Gasteiger partial charge on any atom is -0.476 e. The van der Waals surface area contributed by atoms with Crippen LogP contribution >= 0.6 is 0 Å². The Morgan fingerprint density at radius 3 is 2.81 bits per heavy atom. The fourth-order valence-corrected chi connectivity index (χ4v) is 2.54. The van der Waals surface area contributed by atoms with E-state index in [1.165, 1.54) is 6.26 Å². The molecule has 0 fully saturated rings. The van der Waals surface area contributed by atoms with Crippen LogP contribution in [-0.4, -0.2) is 18.6 Å². The molecule has 1 aromatic carbocycles. The minimum atomic E-state index is -0.339. The molecule has 6 heteroatoms. The van der Waals surface area contributed by atoms with Crippen LogP contribution in [0.25, 0.3) is 22.5 Å². The second-order valence-corrected chi connectivity index (χ2v) is 6.23. The van der Waals surface area contributed by atoms with Crippen molar-refractivity contribution >= 4 is 16.9 Å². The van der Waals surface area contributed by atoms with Gasteiger partial charge in [0.15, 0.2) is 12.4 Å². The van der Waals surface area contributed by atoms with Gasteiger partial charge in [-0.25, -0.2) is 0 Å². The van der Waals surface area contributed by atoms with Crippen molar-refractivity contribution in [1.29, 1.82) is 0 Å². The molecule has 3 rings (SSSR count). The molecule has 26 heavy (non-hydrogen) atoms. The molecule has 6 nitrogen and oxygen atoms in total. The number of carbonyl (C=O) groups excluding carboxylic acids is 1. The molecule has 3 aromatic rings. The van der Waals surface area contributed by atoms with E-state index in [0.717, 1.165) is 12.0 Å². The number of amides is 1. The summed E-state index contributed by atoms with van der Waals surface area (Å²) in [5.74, 6) is 0.209. The summed E-state index contributed by atoms with van der Waals surface area (Å²) in [6, 6.07) is 8.69. The first kappa shape index (κ1) is 17.8. The summed E-state index contributed by atoms with van der Waals surface area (Å²) < 4.78 is 16.8. The van der Waals surface area contributed by atoms with E-state index in [4.69, 9.17) is 13.6 Å². The second kappa shape index (κ2) is 7.47. The average molecular weight is 355 g/mol. The fourth-order valence-electron chi connectivity index (χ4n) is 2.54. The summed E-state index contributed by atoms with van der Waals surface area (Å²) >= 11 is 0. The molecule has 1 amide bonds. The second-order valence-electron chi connectivity index (χ2n) is 6.23. The fraction of sp³-hybridized carbons (Fsp3) is 0.300. The molecule has 0 spiro atoms. The Labute approximate surface area is 150 Å². The molecule has 0 aliphatic rings. The van der Waals surface area contributed by atoms with Crippen molar-refractivity contribution in [3.63, 3.8) is 0 Å². The van der Waals surface area contributed by atoms with Gasteiger partial charge in [0.1, 0.15) is 5.58 Å². The molecular formula is C20H21NO5. The number of hydrogen-bond donors (Lipinski definition) is 1. The van der Waals surface area contributed by atoms with Gasteiger partial charge in [0, 0.05) is 6.04 Å². The summed E-state index contributed by atoms with van der Waals surface area (Å²) in [4.78, 5) is 24.9. The topological polar surface area (TPSA) is 81.7 Å². The van der Waals surface area contributed by atoms with Gasteiger partial charge in [0.05, 0.1) is 11.6 Å². The normalized spacial score (nSPS) is 12.1. The van der Waals surface area contributed by atoms with Crippen molar-refractivity contribution in [2.24, 2.45) is 0 Å². The average Bonchev–Trinajstić information content (AvgIpc) is 3.14. The summed E-state index contributed by atoms with van der Waals surface area (Å²) in [6.45, 7) is 5.51. The van der Waals surface area contributed by atoms with Crippen molar-refractivity contribution in [2.45, 2.75) is 33.2 Å². The van der Waals surface area contributed by atoms with Crippen LogP contribution in [-0.2, 0) is 4.79 Å². The molecule has 1 N–H and O–H groups in total. The molecule has 0 aliphatic carbocycles. The molecule has 0 bridgehead atoms. The third kappa shape index (κ3) is 3.64. The predicted octanol–water partition coefficient (Wildman–Crippen LogP) is 3.65. The highest BCUT2D eigenvalue weighted by atomic mass is 16.5. The summed E-state index contributed by atoms with van der Waals surface area (Å²) in [5, 5.41) is 3.19. The van der Waals surface area contributed by atoms with E-state index in [1.807, 2.05) is 26.8 Å². The SMILES string of the molecule is CCC(C)NC(=O)COc1c(-c2ccco2)oc2cc(C)ccc2c1=O. The lowest BCUT2D eigenvalue weighted by atomic mass is 10.1. The standard InChI is InChI=1S/C20H21NO5/c1-4-13(3)21-17(22)11-25-20-18(23)14-8-7-12(2)10-16(14)26-19(20)15-6-5-9-24-15/h5-10,13H,4,11H2,1-3H3,(H,21,22). The quantitative estimate of drug-likeness (QED) is 0.730. The highest BCUT2D eigenvalue weighted by Crippen LogP contribution is 2.31. The van der Waals surface area contributed by atoms with Crippen molar-refractivity contribution in [3.8, 4) is 17.3 Å². The van der Waals surface area contributed by atoms with Gasteiger partial charge in [0.25, 0.3) is 5.91 Å². The van der Waals surface area contributed by atoms with Gasteiger partial charge in [-0.05, 0) is 50.1 Å². The van der Waals surface area contributed by atoms with Crippen LogP contribution in [0.5, 0.6) is 5.75 Å². The zero-order valence-electron chi connectivity index (χ0n) is 15.0. The monoisotopic (exact) mass is 355 g/mol. The number of aryl methyl sites for hydroxylation is 1. The van der Waals surface area contributed by atoms with Gasteiger partial charge in [-0.2, -0.15) is 0 Å². The minimum absolute atomic E-state index is 0.0318. The van der Waals surface area contributed by atoms with Crippen molar-refractivity contribution in [2.75, 3.05) is 6.61 Å². The number of furan rings is 1. The zero-order chi connectivity index (χ0) is 18.7. The Morgan fingerprint density at radius 1 is 1.31 bits per heavy atom. The molecule has 0 radical (unpaired) electrons. The number of benzene rings is 1. The van der Waals surface area contributed by atoms with E-state index in [-0.39, 0.29) is 35.5 Å². The van der Waals surface area contributed by atoms with E-state index in [1.54, 1.807) is 24.3 Å². The zero-order valence-corrected chi connectivity index (χ0v) is 15.0. The Balaban J connectivity index is 2.01. The summed E-state index contributed by atoms with van der Waals surface area (Å²) in [6.07, 6.45) is 2.29. The van der Waals surface area contributed by atoms with E-state index < -0.39 is 0 Å². The number of hydrogen-bond acceptors (Lipinski definition) is 5. The van der Waals surface area contributed by atoms with Gasteiger partial charge in [0.2, 0.25) is 16.9 Å². The lowest BCUT2D eigenvalue weighted by Gasteiger charge is -2.13. The smallest absolute Gasteiger partial charge is 0.258 e. The number of nitrogens with one attached hydrogen (secondary N) is 1. The van der Waals surface area contributed by atoms with Crippen LogP contribution in [0.2, 0.25) is 0 Å². The molecular weight excluding hydrogens is 334 g/mol. The van der Waals surface area contributed by atoms with Gasteiger partial charge < -0.3 is 18.9 Å². The Bertz CT molecular complexity index is 972. The maximum absolute atomic E-state index is 12.9. The third-order valence-corrected chi connectivity index (χ3v) is 4.12. The number of carbonyl (C=O) groups is 1. The van der Waals surface area contributed by atoms with Gasteiger partial charge >= 0.3 is 0 Å². The van der Waals surface area contributed by atoms with Crippen LogP contribution in [0.1, 0.15) is 25.8 Å². The highest BCUT2D eigenvalue weighted by molar-refractivity contribution is 5.82. The van der Waals surface area contributed by atoms with Gasteiger partial charge in [-0.15, -0.1) is 0 Å². The first-order valence-electron chi connectivity index (χ1n) is 8.53. The molecule has 0 saturated heterocycles. The first-order chi connectivity index (χ1) is 12.5. The van der Waals surface area contributed by atoms with Gasteiger partial charge in [-0.1, -0.05) is 13.0 Å². The predicted molar refractivity (Wildman–Crippen MR) is 98.3 cm³/mol. The maximum atomic E-state index is 12.9. The lowest BCUT2D eigenvalue weighted by Crippen LogP contribution is -2.36. The van der Waals surface area contributed by atoms with Crippen LogP contribution in [0.3, 0.4) is 0 Å². The Morgan fingerprint density at radius 2 is 2.12 bits per heavy atom. The number of ether oxygens (including phenoxy) is 1. The van der Waals surface area contributed by atoms with E-state index in [0.29, 0.717) is 16.7 Å². The van der Waals surface area contributed by atoms with Crippen molar-refractivity contribution in [3.05, 3.63) is 52.4 Å². The molecule has 1 unspecified atom stereocenters. The molecule has 2 heterocycles. The molecule has 136 valence electrons. The number of fused-ring (bicyclic) bond motifs is 1. The van der Waals surface area contributed by atoms with Crippen LogP contribution < -0.4 is 15.5 Å². The molecule has 0 saturated carbocycles. The summed E-state index contributed by atoms with van der Waals surface area (Å²) in [5.41, 5.74) is 1.07. The van der Waals surface area contributed by atoms with E-state index >= 15 is 0 Å². The molecule has 0 aliphatic heterocycles. The van der Waals surface area contributed by atoms with Crippen LogP contribution in [0.4, 0.5) is 0 Å². The number of rotatable bonds is 6. The van der Waals surface area contributed by atoms with E-state index in [2.05, 4.69) is 5.32 Å². The Kier molecular flexibility index (Phi) is 5.11. The Hall–Kier alpha value is -3.02. The lowest BCUT2D eigenvalue weighted by molar-refractivity contribution is -0.123. The van der Waals surface area contributed by atoms with Crippen molar-refractivity contribution in [1.82, 2.24) is 5.32 Å². The first-order valence-corrected chi connectivity index (χ1v) is 8.53. The summed E-state index contributed by atoms with van der Waals surface area (Å²) in [7, 11) is 0. The largest absolute Gasteiger partial charge is 0.476 e. The molecule has 1 atom stereocenters. The highest BCUT2D eigenvalue weighted by Gasteiger charge is 2.20. The van der Waals surface area contributed by atoms with Crippen LogP contribution in [0, 0.1) is 6.92 Å². The van der Waals surface area contributed by atoms with Gasteiger partial charge in [-0.3, -0.25) is 9.59 Å². The third-order valence-electron chi connectivity index (χ3n) is 4.12. The van der Waals surface area contributed by atoms with Crippen molar-refractivity contribution < 1.29 is 18.4 Å². The maximum Gasteiger partial charge on any atom is 0.258 e. The van der Waals surface area contributed by atoms with E-state index in [9.17, 15) is 9.59 Å². The van der Waals surface area contributed by atoms with Crippen LogP contribution in [0.15, 0.2) is 50.2 Å². The molecule has 2 aromatic heterocycles.